The first-order chi connectivity index (χ1) is 7.70. The molecule has 1 heterocycles. The first-order valence-corrected chi connectivity index (χ1v) is 7.52. The van der Waals surface area contributed by atoms with Crippen LogP contribution < -0.4 is 11.3 Å². The molecular weight excluding hydrogens is 284 g/mol. The molecule has 1 saturated carbocycles. The molecule has 1 aromatic heterocycles. The molecule has 2 nitrogen and oxygen atoms in total. The normalized spacial score (nSPS) is 27.2. The zero-order valence-corrected chi connectivity index (χ0v) is 12.0. The van der Waals surface area contributed by atoms with Gasteiger partial charge in [0.05, 0.1) is 3.79 Å². The number of nitrogens with one attached hydrogen (secondary N) is 1. The van der Waals surface area contributed by atoms with Crippen molar-refractivity contribution in [1.29, 1.82) is 0 Å². The Hall–Kier alpha value is 0.1000. The van der Waals surface area contributed by atoms with Gasteiger partial charge in [0.15, 0.2) is 0 Å². The summed E-state index contributed by atoms with van der Waals surface area (Å²) < 4.78 is 1.21. The number of hydrazine groups is 1. The van der Waals surface area contributed by atoms with Gasteiger partial charge in [-0.25, -0.2) is 0 Å². The Balaban J connectivity index is 2.00. The smallest absolute Gasteiger partial charge is 0.0701 e. The zero-order valence-electron chi connectivity index (χ0n) is 9.58. The van der Waals surface area contributed by atoms with Gasteiger partial charge in [0.1, 0.15) is 0 Å². The summed E-state index contributed by atoms with van der Waals surface area (Å²) >= 11 is 5.32. The Morgan fingerprint density at radius 1 is 1.56 bits per heavy atom. The highest BCUT2D eigenvalue weighted by atomic mass is 79.9. The second-order valence-corrected chi connectivity index (χ2v) is 7.30. The minimum Gasteiger partial charge on any atom is -0.271 e. The van der Waals surface area contributed by atoms with Gasteiger partial charge in [-0.2, -0.15) is 0 Å². The minimum absolute atomic E-state index is 0.433. The van der Waals surface area contributed by atoms with Gasteiger partial charge in [-0.05, 0) is 52.7 Å². The van der Waals surface area contributed by atoms with E-state index in [1.807, 2.05) is 11.3 Å². The van der Waals surface area contributed by atoms with Gasteiger partial charge in [-0.15, -0.1) is 11.3 Å². The first-order valence-electron chi connectivity index (χ1n) is 5.91. The molecule has 90 valence electrons. The molecule has 0 aliphatic heterocycles. The molecule has 1 aromatic rings. The summed E-state index contributed by atoms with van der Waals surface area (Å²) in [5.41, 5.74) is 3.02. The van der Waals surface area contributed by atoms with E-state index >= 15 is 0 Å². The fraction of sp³-hybridized carbons (Fsp3) is 0.667. The molecule has 0 amide bonds. The maximum atomic E-state index is 5.71. The molecule has 0 saturated heterocycles. The molecule has 3 atom stereocenters. The van der Waals surface area contributed by atoms with Crippen LogP contribution in [0.4, 0.5) is 0 Å². The number of halogens is 1. The molecule has 1 aliphatic carbocycles. The summed E-state index contributed by atoms with van der Waals surface area (Å²) in [7, 11) is 0. The van der Waals surface area contributed by atoms with Crippen LogP contribution in [-0.2, 0) is 6.42 Å². The Kier molecular flexibility index (Phi) is 4.41. The van der Waals surface area contributed by atoms with E-state index in [0.717, 1.165) is 18.3 Å². The second kappa shape index (κ2) is 5.63. The Bertz CT molecular complexity index is 340. The van der Waals surface area contributed by atoms with Crippen molar-refractivity contribution in [3.8, 4) is 0 Å². The third-order valence-electron chi connectivity index (χ3n) is 3.71. The number of hydrogen-bond donors (Lipinski definition) is 2. The Morgan fingerprint density at radius 2 is 2.38 bits per heavy atom. The van der Waals surface area contributed by atoms with Crippen molar-refractivity contribution in [3.63, 3.8) is 0 Å². The fourth-order valence-electron chi connectivity index (χ4n) is 2.78. The van der Waals surface area contributed by atoms with Crippen LogP contribution >= 0.6 is 27.3 Å². The van der Waals surface area contributed by atoms with E-state index in [9.17, 15) is 0 Å². The summed E-state index contributed by atoms with van der Waals surface area (Å²) in [6, 6.07) is 4.74. The zero-order chi connectivity index (χ0) is 11.5. The van der Waals surface area contributed by atoms with Crippen molar-refractivity contribution >= 4 is 27.3 Å². The number of thiophene rings is 1. The summed E-state index contributed by atoms with van der Waals surface area (Å²) in [5.74, 6) is 7.26. The lowest BCUT2D eigenvalue weighted by Gasteiger charge is -2.25. The van der Waals surface area contributed by atoms with E-state index in [2.05, 4.69) is 40.4 Å². The van der Waals surface area contributed by atoms with Gasteiger partial charge in [0.25, 0.3) is 0 Å². The van der Waals surface area contributed by atoms with E-state index in [1.54, 1.807) is 0 Å². The van der Waals surface area contributed by atoms with Gasteiger partial charge in [0, 0.05) is 10.9 Å². The van der Waals surface area contributed by atoms with Gasteiger partial charge in [0.2, 0.25) is 0 Å². The average molecular weight is 303 g/mol. The maximum Gasteiger partial charge on any atom is 0.0701 e. The predicted molar refractivity (Wildman–Crippen MR) is 73.3 cm³/mol. The standard InChI is InChI=1S/C12H19BrN2S/c1-8-3-2-4-10(8)11(15-14)7-9-5-6-12(13)16-9/h5-6,8,10-11,15H,2-4,7,14H2,1H3. The molecule has 0 radical (unpaired) electrons. The largest absolute Gasteiger partial charge is 0.271 e. The van der Waals surface area contributed by atoms with Gasteiger partial charge >= 0.3 is 0 Å². The quantitative estimate of drug-likeness (QED) is 0.661. The van der Waals surface area contributed by atoms with E-state index < -0.39 is 0 Å². The van der Waals surface area contributed by atoms with E-state index in [1.165, 1.54) is 27.9 Å². The minimum atomic E-state index is 0.433. The lowest BCUT2D eigenvalue weighted by molar-refractivity contribution is 0.298. The topological polar surface area (TPSA) is 38.0 Å². The van der Waals surface area contributed by atoms with Crippen molar-refractivity contribution in [1.82, 2.24) is 5.43 Å². The Morgan fingerprint density at radius 3 is 2.88 bits per heavy atom. The van der Waals surface area contributed by atoms with Crippen molar-refractivity contribution in [2.24, 2.45) is 17.7 Å². The van der Waals surface area contributed by atoms with Crippen molar-refractivity contribution in [3.05, 3.63) is 20.8 Å². The van der Waals surface area contributed by atoms with Gasteiger partial charge < -0.3 is 0 Å². The highest BCUT2D eigenvalue weighted by Gasteiger charge is 2.30. The number of rotatable bonds is 4. The molecule has 0 bridgehead atoms. The molecule has 1 fully saturated rings. The molecule has 4 heteroatoms. The van der Waals surface area contributed by atoms with Gasteiger partial charge in [-0.3, -0.25) is 11.3 Å². The monoisotopic (exact) mass is 302 g/mol. The molecule has 0 spiro atoms. The molecule has 2 rings (SSSR count). The molecule has 16 heavy (non-hydrogen) atoms. The summed E-state index contributed by atoms with van der Waals surface area (Å²) in [5, 5.41) is 0. The maximum absolute atomic E-state index is 5.71. The van der Waals surface area contributed by atoms with E-state index in [0.29, 0.717) is 6.04 Å². The summed E-state index contributed by atoms with van der Waals surface area (Å²) in [4.78, 5) is 1.41. The molecule has 3 N–H and O–H groups in total. The fourth-order valence-corrected chi connectivity index (χ4v) is 4.33. The predicted octanol–water partition coefficient (Wildman–Crippen LogP) is 3.32. The van der Waals surface area contributed by atoms with Crippen LogP contribution in [0.5, 0.6) is 0 Å². The summed E-state index contributed by atoms with van der Waals surface area (Å²) in [6.45, 7) is 2.35. The average Bonchev–Trinajstić information content (AvgIpc) is 2.84. The van der Waals surface area contributed by atoms with Crippen LogP contribution in [0.2, 0.25) is 0 Å². The van der Waals surface area contributed by atoms with Crippen LogP contribution in [0.15, 0.2) is 15.9 Å². The Labute approximate surface area is 110 Å². The van der Waals surface area contributed by atoms with Crippen molar-refractivity contribution in [2.75, 3.05) is 0 Å². The van der Waals surface area contributed by atoms with E-state index in [-0.39, 0.29) is 0 Å². The van der Waals surface area contributed by atoms with Crippen molar-refractivity contribution in [2.45, 2.75) is 38.6 Å². The lowest BCUT2D eigenvalue weighted by Crippen LogP contribution is -2.43. The van der Waals surface area contributed by atoms with E-state index in [4.69, 9.17) is 5.84 Å². The highest BCUT2D eigenvalue weighted by Crippen LogP contribution is 2.35. The third-order valence-corrected chi connectivity index (χ3v) is 5.35. The van der Waals surface area contributed by atoms with Gasteiger partial charge in [-0.1, -0.05) is 19.8 Å². The van der Waals surface area contributed by atoms with Crippen LogP contribution in [0.1, 0.15) is 31.1 Å². The highest BCUT2D eigenvalue weighted by molar-refractivity contribution is 9.11. The van der Waals surface area contributed by atoms with Crippen LogP contribution in [-0.4, -0.2) is 6.04 Å². The van der Waals surface area contributed by atoms with Crippen molar-refractivity contribution < 1.29 is 0 Å². The number of nitrogens with two attached hydrogens (primary N) is 1. The van der Waals surface area contributed by atoms with Crippen LogP contribution in [0.3, 0.4) is 0 Å². The SMILES string of the molecule is CC1CCCC1C(Cc1ccc(Br)s1)NN. The summed E-state index contributed by atoms with van der Waals surface area (Å²) in [6.07, 6.45) is 5.10. The van der Waals surface area contributed by atoms with Crippen LogP contribution in [0, 0.1) is 11.8 Å². The molecule has 3 unspecified atom stereocenters. The third kappa shape index (κ3) is 2.86. The lowest BCUT2D eigenvalue weighted by atomic mass is 9.88. The number of hydrogen-bond acceptors (Lipinski definition) is 3. The second-order valence-electron chi connectivity index (χ2n) is 4.76. The van der Waals surface area contributed by atoms with Crippen LogP contribution in [0.25, 0.3) is 0 Å². The molecule has 0 aromatic carbocycles. The first kappa shape index (κ1) is 12.6. The molecule has 1 aliphatic rings. The molecular formula is C12H19BrN2S.